The van der Waals surface area contributed by atoms with Gasteiger partial charge in [-0.25, -0.2) is 9.97 Å². The smallest absolute Gasteiger partial charge is 0.246 e. The van der Waals surface area contributed by atoms with Crippen LogP contribution in [-0.4, -0.2) is 120 Å². The highest BCUT2D eigenvalue weighted by atomic mass is 16.3. The van der Waals surface area contributed by atoms with Crippen LogP contribution in [0.1, 0.15) is 83.8 Å². The van der Waals surface area contributed by atoms with E-state index in [-0.39, 0.29) is 54.9 Å². The molecule has 3 aromatic heterocycles. The molecule has 3 amide bonds. The molecule has 0 radical (unpaired) electrons. The molecule has 0 spiro atoms. The number of amides is 3. The summed E-state index contributed by atoms with van der Waals surface area (Å²) in [6, 6.07) is 25.9. The van der Waals surface area contributed by atoms with Crippen LogP contribution in [0.3, 0.4) is 0 Å². The summed E-state index contributed by atoms with van der Waals surface area (Å²) >= 11 is 0. The third kappa shape index (κ3) is 11.3. The summed E-state index contributed by atoms with van der Waals surface area (Å²) in [7, 11) is 1.89. The lowest BCUT2D eigenvalue weighted by Crippen LogP contribution is -2.58. The van der Waals surface area contributed by atoms with Crippen molar-refractivity contribution < 1.29 is 24.6 Å². The fraction of sp³-hybridized carbons (Fsp3) is 0.429. The summed E-state index contributed by atoms with van der Waals surface area (Å²) in [6.07, 6.45) is 7.86. The van der Waals surface area contributed by atoms with Gasteiger partial charge >= 0.3 is 0 Å². The van der Waals surface area contributed by atoms with Crippen LogP contribution in [-0.2, 0) is 28.0 Å². The van der Waals surface area contributed by atoms with Crippen LogP contribution in [0.2, 0.25) is 0 Å². The maximum absolute atomic E-state index is 14.3. The topological polar surface area (TPSA) is 207 Å². The summed E-state index contributed by atoms with van der Waals surface area (Å²) in [5, 5.41) is 43.9. The van der Waals surface area contributed by atoms with Crippen molar-refractivity contribution in [2.45, 2.75) is 103 Å². The number of piperazine rings is 1. The molecule has 1 aliphatic carbocycles. The molecule has 73 heavy (non-hydrogen) atoms. The molecule has 0 unspecified atom stereocenters. The van der Waals surface area contributed by atoms with Crippen LogP contribution in [0.15, 0.2) is 104 Å². The Hall–Kier alpha value is -7.40. The Morgan fingerprint density at radius 2 is 1.55 bits per heavy atom. The quantitative estimate of drug-likeness (QED) is 0.0751. The zero-order valence-corrected chi connectivity index (χ0v) is 42.7. The van der Waals surface area contributed by atoms with Gasteiger partial charge in [0, 0.05) is 94.4 Å². The van der Waals surface area contributed by atoms with Crippen molar-refractivity contribution in [2.75, 3.05) is 47.8 Å². The molecule has 17 nitrogen and oxygen atoms in total. The van der Waals surface area contributed by atoms with Gasteiger partial charge in [-0.2, -0.15) is 5.10 Å². The van der Waals surface area contributed by atoms with Gasteiger partial charge in [-0.05, 0) is 97.4 Å². The molecule has 4 atom stereocenters. The van der Waals surface area contributed by atoms with Gasteiger partial charge in [0.25, 0.3) is 0 Å². The molecule has 0 bridgehead atoms. The number of phenolic OH excluding ortho intramolecular Hbond substituents is 1. The molecular formula is C56H68N12O5. The Bertz CT molecular complexity index is 2880. The van der Waals surface area contributed by atoms with Crippen molar-refractivity contribution in [1.29, 1.82) is 0 Å². The maximum Gasteiger partial charge on any atom is 0.246 e. The molecule has 5 heterocycles. The number of anilines is 3. The lowest BCUT2D eigenvalue weighted by Gasteiger charge is -2.41. The average Bonchev–Trinajstić information content (AvgIpc) is 4.02. The van der Waals surface area contributed by atoms with Gasteiger partial charge in [0.15, 0.2) is 5.82 Å². The number of aryl methyl sites for hydroxylation is 1. The number of nitrogens with zero attached hydrogens (tertiary/aromatic N) is 9. The third-order valence-electron chi connectivity index (χ3n) is 14.8. The van der Waals surface area contributed by atoms with Gasteiger partial charge in [-0.15, -0.1) is 10.2 Å². The number of aliphatic hydroxyl groups excluding tert-OH is 1. The number of benzene rings is 3. The molecule has 6 aromatic rings. The molecule has 3 aromatic carbocycles. The van der Waals surface area contributed by atoms with Gasteiger partial charge in [-0.3, -0.25) is 19.1 Å². The highest BCUT2D eigenvalue weighted by molar-refractivity contribution is 5.93. The summed E-state index contributed by atoms with van der Waals surface area (Å²) in [5.74, 6) is 0.758. The molecule has 1 saturated carbocycles. The third-order valence-corrected chi connectivity index (χ3v) is 14.8. The number of phenols is 1. The van der Waals surface area contributed by atoms with Gasteiger partial charge in [0.1, 0.15) is 17.8 Å². The Morgan fingerprint density at radius 1 is 0.836 bits per heavy atom. The fourth-order valence-electron chi connectivity index (χ4n) is 10.6. The molecule has 3 aliphatic rings. The maximum atomic E-state index is 14.3. The van der Waals surface area contributed by atoms with Gasteiger partial charge in [-0.1, -0.05) is 81.4 Å². The molecule has 2 aliphatic heterocycles. The zero-order valence-electron chi connectivity index (χ0n) is 42.7. The number of aromatic nitrogens is 6. The highest BCUT2D eigenvalue weighted by Gasteiger charge is 2.45. The summed E-state index contributed by atoms with van der Waals surface area (Å²) in [4.78, 5) is 57.5. The summed E-state index contributed by atoms with van der Waals surface area (Å²) < 4.78 is 1.80. The standard InChI is InChI=1S/C56H68N12O5/c1-7-57-51-47(29-45(63-64-51)44-10-8-9-11-49(44)70)67-27-26-66(33-35(67)2)55-59-31-42(32-60-55)39-18-16-37(17-19-39)38-20-22-41(23-21-38)52(71)62-50(56(3,4)5)54(73)68-34-43(69)28-48(68)53(72)58-30-36-12-14-40(15-13-36)46-24-25-61-65(46)6/h8-19,24-25,29,31-32,35,38,41,43,48,50,69-70H,7,20-23,26-28,30,33-34H2,1-6H3,(H,57,64)(H,58,72)(H,62,71)/t35-,38-,41-,43+,48-,50+/m0/s1. The SMILES string of the molecule is CCNc1nnc(-c2ccccc2O)cc1N1CCN(c2ncc(-c3ccc([C@H]4CC[C@H](C(=O)N[C@H](C(=O)N5C[C@H](O)C[C@H]5C(=O)NCc5ccc(-c6ccnn6C)cc5)C(C)(C)C)CC4)cc3)cn2)C[C@@H]1C. The molecule has 382 valence electrons. The number of likely N-dealkylation sites (tertiary alicyclic amines) is 1. The number of carbonyl (C=O) groups excluding carboxylic acids is 3. The second-order valence-corrected chi connectivity index (χ2v) is 20.9. The number of carbonyl (C=O) groups is 3. The number of nitrogens with one attached hydrogen (secondary N) is 3. The number of para-hydroxylation sites is 1. The van der Waals surface area contributed by atoms with E-state index >= 15 is 0 Å². The Morgan fingerprint density at radius 3 is 2.21 bits per heavy atom. The zero-order chi connectivity index (χ0) is 51.4. The minimum Gasteiger partial charge on any atom is -0.507 e. The van der Waals surface area contributed by atoms with Crippen LogP contribution in [0.25, 0.3) is 33.6 Å². The van der Waals surface area contributed by atoms with E-state index in [9.17, 15) is 24.6 Å². The summed E-state index contributed by atoms with van der Waals surface area (Å²) in [5.41, 5.74) is 7.62. The predicted octanol–water partition coefficient (Wildman–Crippen LogP) is 6.94. The number of aromatic hydroxyl groups is 1. The first-order valence-electron chi connectivity index (χ1n) is 25.6. The fourth-order valence-corrected chi connectivity index (χ4v) is 10.6. The average molecular weight is 989 g/mol. The number of hydrogen-bond donors (Lipinski definition) is 5. The monoisotopic (exact) mass is 989 g/mol. The molecular weight excluding hydrogens is 921 g/mol. The predicted molar refractivity (Wildman–Crippen MR) is 282 cm³/mol. The van der Waals surface area contributed by atoms with E-state index in [1.807, 2.05) is 95.7 Å². The number of hydrogen-bond acceptors (Lipinski definition) is 13. The number of rotatable bonds is 14. The highest BCUT2D eigenvalue weighted by Crippen LogP contribution is 2.38. The molecule has 5 N–H and O–H groups in total. The van der Waals surface area contributed by atoms with E-state index in [0.29, 0.717) is 61.4 Å². The lowest BCUT2D eigenvalue weighted by molar-refractivity contribution is -0.144. The Labute approximate surface area is 427 Å². The van der Waals surface area contributed by atoms with Crippen LogP contribution in [0, 0.1) is 11.3 Å². The van der Waals surface area contributed by atoms with Crippen molar-refractivity contribution in [3.05, 3.63) is 115 Å². The van der Waals surface area contributed by atoms with E-state index in [0.717, 1.165) is 53.0 Å². The van der Waals surface area contributed by atoms with E-state index in [2.05, 4.69) is 72.2 Å². The van der Waals surface area contributed by atoms with Crippen molar-refractivity contribution in [3.8, 4) is 39.4 Å². The lowest BCUT2D eigenvalue weighted by atomic mass is 9.77. The van der Waals surface area contributed by atoms with Gasteiger partial charge in [0.2, 0.25) is 23.7 Å². The van der Waals surface area contributed by atoms with E-state index in [4.69, 9.17) is 9.97 Å². The van der Waals surface area contributed by atoms with Crippen LogP contribution >= 0.6 is 0 Å². The van der Waals surface area contributed by atoms with Crippen molar-refractivity contribution in [3.63, 3.8) is 0 Å². The molecule has 9 rings (SSSR count). The molecule has 3 fully saturated rings. The second-order valence-electron chi connectivity index (χ2n) is 20.9. The van der Waals surface area contributed by atoms with Crippen LogP contribution < -0.4 is 25.8 Å². The van der Waals surface area contributed by atoms with Crippen molar-refractivity contribution in [2.24, 2.45) is 18.4 Å². The Balaban J connectivity index is 0.764. The number of aliphatic hydroxyl groups is 1. The first-order valence-corrected chi connectivity index (χ1v) is 25.6. The first kappa shape index (κ1) is 50.5. The van der Waals surface area contributed by atoms with Gasteiger partial charge < -0.3 is 40.9 Å². The van der Waals surface area contributed by atoms with E-state index < -0.39 is 23.6 Å². The van der Waals surface area contributed by atoms with E-state index in [1.165, 1.54) is 10.5 Å². The van der Waals surface area contributed by atoms with Crippen molar-refractivity contribution in [1.82, 2.24) is 45.5 Å². The first-order chi connectivity index (χ1) is 35.1. The van der Waals surface area contributed by atoms with Crippen molar-refractivity contribution >= 4 is 35.2 Å². The largest absolute Gasteiger partial charge is 0.507 e. The Kier molecular flexibility index (Phi) is 15.1. The number of β-amino-alcohol motifs (C(OH)–C–C–N with tert-alkyl or cyclic N) is 1. The minimum absolute atomic E-state index is 0.0222. The van der Waals surface area contributed by atoms with Crippen LogP contribution in [0.5, 0.6) is 5.75 Å². The van der Waals surface area contributed by atoms with Gasteiger partial charge in [0.05, 0.1) is 23.2 Å². The minimum atomic E-state index is -0.879. The van der Waals surface area contributed by atoms with E-state index in [1.54, 1.807) is 23.0 Å². The molecule has 17 heteroatoms. The normalized spacial score (nSPS) is 20.6. The summed E-state index contributed by atoms with van der Waals surface area (Å²) in [6.45, 7) is 13.1. The van der Waals surface area contributed by atoms with Crippen LogP contribution in [0.4, 0.5) is 17.5 Å². The second kappa shape index (κ2) is 21.8. The molecule has 2 saturated heterocycles.